The van der Waals surface area contributed by atoms with Crippen molar-refractivity contribution in [1.29, 1.82) is 0 Å². The van der Waals surface area contributed by atoms with Crippen molar-refractivity contribution in [2.45, 2.75) is 46.0 Å². The fraction of sp³-hybridized carbons (Fsp3) is 0.391. The van der Waals surface area contributed by atoms with Gasteiger partial charge in [-0.25, -0.2) is 0 Å². The lowest BCUT2D eigenvalue weighted by molar-refractivity contribution is -0.140. The second-order valence-electron chi connectivity index (χ2n) is 7.99. The number of aromatic hydroxyl groups is 2. The van der Waals surface area contributed by atoms with E-state index >= 15 is 0 Å². The van der Waals surface area contributed by atoms with Crippen molar-refractivity contribution in [3.8, 4) is 17.2 Å². The molecule has 0 saturated carbocycles. The molecule has 0 radical (unpaired) electrons. The standard InChI is InChI=1S/C23H25NO8/c1-10-19(28)17(12(3)25)21-18(20(10)29)23(4)14(32-21)9-13(26)16(22(23)30)11(2)24-8-6-7-15(27)31-5/h9,24,28-29H,6-8H2,1-5H3/b16-11+/t23-/m0/s1. The highest BCUT2D eigenvalue weighted by Gasteiger charge is 2.56. The Morgan fingerprint density at radius 3 is 2.44 bits per heavy atom. The first kappa shape index (κ1) is 23.1. The molecule has 1 aromatic carbocycles. The van der Waals surface area contributed by atoms with E-state index in [4.69, 9.17) is 4.74 Å². The minimum absolute atomic E-state index is 0.0208. The van der Waals surface area contributed by atoms with Crippen LogP contribution in [0.1, 0.15) is 55.1 Å². The van der Waals surface area contributed by atoms with Crippen molar-refractivity contribution in [3.05, 3.63) is 39.8 Å². The van der Waals surface area contributed by atoms with E-state index < -0.39 is 28.5 Å². The number of methoxy groups -OCH3 is 1. The SMILES string of the molecule is COC(=O)CCCN/C(C)=C1\C(=O)C=C2Oc3c(C(C)=O)c(O)c(C)c(O)c3[C@@]2(C)C1=O. The number of carbonyl (C=O) groups is 4. The number of hydrogen-bond acceptors (Lipinski definition) is 9. The molecule has 2 aliphatic rings. The maximum atomic E-state index is 13.6. The van der Waals surface area contributed by atoms with E-state index in [-0.39, 0.29) is 51.9 Å². The number of carbonyl (C=O) groups excluding carboxylic acids is 4. The molecule has 1 aliphatic carbocycles. The highest BCUT2D eigenvalue weighted by atomic mass is 16.5. The molecule has 3 N–H and O–H groups in total. The molecule has 1 aromatic rings. The third-order valence-electron chi connectivity index (χ3n) is 5.94. The Morgan fingerprint density at radius 1 is 1.19 bits per heavy atom. The van der Waals surface area contributed by atoms with E-state index in [2.05, 4.69) is 10.1 Å². The van der Waals surface area contributed by atoms with Gasteiger partial charge in [-0.15, -0.1) is 0 Å². The third-order valence-corrected chi connectivity index (χ3v) is 5.94. The number of ketones is 3. The monoisotopic (exact) mass is 443 g/mol. The second-order valence-corrected chi connectivity index (χ2v) is 7.99. The molecule has 0 fully saturated rings. The van der Waals surface area contributed by atoms with Gasteiger partial charge in [0.2, 0.25) is 0 Å². The quantitative estimate of drug-likeness (QED) is 0.198. The van der Waals surface area contributed by atoms with Crippen molar-refractivity contribution in [1.82, 2.24) is 5.32 Å². The highest BCUT2D eigenvalue weighted by Crippen LogP contribution is 2.57. The average Bonchev–Trinajstić information content (AvgIpc) is 3.02. The summed E-state index contributed by atoms with van der Waals surface area (Å²) in [6.45, 7) is 6.06. The maximum absolute atomic E-state index is 13.6. The van der Waals surface area contributed by atoms with Gasteiger partial charge in [-0.2, -0.15) is 0 Å². The molecule has 0 aromatic heterocycles. The van der Waals surface area contributed by atoms with E-state index in [1.54, 1.807) is 6.92 Å². The first-order chi connectivity index (χ1) is 15.0. The van der Waals surface area contributed by atoms with Gasteiger partial charge < -0.3 is 25.0 Å². The predicted octanol–water partition coefficient (Wildman–Crippen LogP) is 2.11. The Kier molecular flexibility index (Phi) is 5.86. The van der Waals surface area contributed by atoms with Crippen LogP contribution in [-0.2, 0) is 24.5 Å². The Balaban J connectivity index is 2.07. The number of fused-ring (bicyclic) bond motifs is 3. The van der Waals surface area contributed by atoms with Crippen LogP contribution in [0.4, 0.5) is 0 Å². The number of phenols is 2. The number of rotatable bonds is 6. The molecule has 0 amide bonds. The van der Waals surface area contributed by atoms with Gasteiger partial charge in [0.1, 0.15) is 34.0 Å². The summed E-state index contributed by atoms with van der Waals surface area (Å²) in [5, 5.41) is 24.1. The van der Waals surface area contributed by atoms with Crippen molar-refractivity contribution < 1.29 is 38.9 Å². The molecular formula is C23H25NO8. The zero-order valence-corrected chi connectivity index (χ0v) is 18.5. The zero-order valence-electron chi connectivity index (χ0n) is 18.5. The number of hydrogen-bond donors (Lipinski definition) is 3. The van der Waals surface area contributed by atoms with Crippen LogP contribution < -0.4 is 10.1 Å². The number of esters is 1. The van der Waals surface area contributed by atoms with Crippen LogP contribution in [0.25, 0.3) is 0 Å². The molecule has 1 atom stereocenters. The summed E-state index contributed by atoms with van der Waals surface area (Å²) in [6.07, 6.45) is 1.78. The van der Waals surface area contributed by atoms with Crippen LogP contribution in [0.2, 0.25) is 0 Å². The number of allylic oxidation sites excluding steroid dienone is 4. The smallest absolute Gasteiger partial charge is 0.305 e. The number of phenolic OH excluding ortho intramolecular Hbond substituents is 2. The number of ether oxygens (including phenoxy) is 2. The average molecular weight is 443 g/mol. The van der Waals surface area contributed by atoms with Crippen LogP contribution in [-0.4, -0.2) is 47.2 Å². The zero-order chi connectivity index (χ0) is 24.0. The van der Waals surface area contributed by atoms with Crippen LogP contribution in [0.3, 0.4) is 0 Å². The lowest BCUT2D eigenvalue weighted by Crippen LogP contribution is -2.41. The molecular weight excluding hydrogens is 418 g/mol. The minimum Gasteiger partial charge on any atom is -0.507 e. The van der Waals surface area contributed by atoms with E-state index in [0.717, 1.165) is 6.08 Å². The van der Waals surface area contributed by atoms with E-state index in [9.17, 15) is 29.4 Å². The van der Waals surface area contributed by atoms with Crippen LogP contribution in [0.15, 0.2) is 23.1 Å². The first-order valence-corrected chi connectivity index (χ1v) is 10.1. The number of nitrogens with one attached hydrogen (secondary N) is 1. The summed E-state index contributed by atoms with van der Waals surface area (Å²) in [5.41, 5.74) is -1.43. The largest absolute Gasteiger partial charge is 0.507 e. The Hall–Kier alpha value is -3.62. The van der Waals surface area contributed by atoms with Gasteiger partial charge in [0.15, 0.2) is 17.3 Å². The lowest BCUT2D eigenvalue weighted by atomic mass is 9.70. The van der Waals surface area contributed by atoms with Crippen molar-refractivity contribution in [2.75, 3.05) is 13.7 Å². The third kappa shape index (κ3) is 3.34. The van der Waals surface area contributed by atoms with Gasteiger partial charge in [0, 0.05) is 30.3 Å². The molecule has 9 nitrogen and oxygen atoms in total. The van der Waals surface area contributed by atoms with Crippen molar-refractivity contribution in [2.24, 2.45) is 0 Å². The predicted molar refractivity (Wildman–Crippen MR) is 113 cm³/mol. The molecule has 1 heterocycles. The van der Waals surface area contributed by atoms with Crippen LogP contribution in [0.5, 0.6) is 17.2 Å². The Labute approximate surface area is 184 Å². The second kappa shape index (κ2) is 8.14. The topological polar surface area (TPSA) is 139 Å². The lowest BCUT2D eigenvalue weighted by Gasteiger charge is -2.29. The molecule has 170 valence electrons. The molecule has 1 aliphatic heterocycles. The van der Waals surface area contributed by atoms with Gasteiger partial charge in [-0.1, -0.05) is 0 Å². The summed E-state index contributed by atoms with van der Waals surface area (Å²) < 4.78 is 10.3. The molecule has 3 rings (SSSR count). The van der Waals surface area contributed by atoms with Gasteiger partial charge >= 0.3 is 5.97 Å². The summed E-state index contributed by atoms with van der Waals surface area (Å²) in [7, 11) is 1.29. The summed E-state index contributed by atoms with van der Waals surface area (Å²) in [6, 6.07) is 0. The molecule has 9 heteroatoms. The van der Waals surface area contributed by atoms with E-state index in [1.165, 1.54) is 27.9 Å². The summed E-state index contributed by atoms with van der Waals surface area (Å²) in [5.74, 6) is -3.02. The van der Waals surface area contributed by atoms with Gasteiger partial charge in [0.25, 0.3) is 0 Å². The van der Waals surface area contributed by atoms with Crippen molar-refractivity contribution in [3.63, 3.8) is 0 Å². The normalized spacial score (nSPS) is 20.7. The molecule has 0 saturated heterocycles. The summed E-state index contributed by atoms with van der Waals surface area (Å²) in [4.78, 5) is 49.8. The number of Topliss-reactive ketones (excluding diaryl/α,β-unsaturated/α-hetero) is 2. The highest BCUT2D eigenvalue weighted by molar-refractivity contribution is 6.31. The van der Waals surface area contributed by atoms with Gasteiger partial charge in [-0.3, -0.25) is 19.2 Å². The first-order valence-electron chi connectivity index (χ1n) is 10.1. The molecule has 0 bridgehead atoms. The summed E-state index contributed by atoms with van der Waals surface area (Å²) >= 11 is 0. The molecule has 0 spiro atoms. The van der Waals surface area contributed by atoms with Crippen LogP contribution >= 0.6 is 0 Å². The van der Waals surface area contributed by atoms with Gasteiger partial charge in [0.05, 0.1) is 18.2 Å². The maximum Gasteiger partial charge on any atom is 0.305 e. The fourth-order valence-corrected chi connectivity index (χ4v) is 4.06. The molecule has 0 unspecified atom stereocenters. The fourth-order valence-electron chi connectivity index (χ4n) is 4.06. The van der Waals surface area contributed by atoms with E-state index in [0.29, 0.717) is 18.7 Å². The molecule has 32 heavy (non-hydrogen) atoms. The van der Waals surface area contributed by atoms with Crippen molar-refractivity contribution >= 4 is 23.3 Å². The van der Waals surface area contributed by atoms with E-state index in [1.807, 2.05) is 0 Å². The Bertz CT molecular complexity index is 1130. The van der Waals surface area contributed by atoms with Gasteiger partial charge in [-0.05, 0) is 34.1 Å². The minimum atomic E-state index is -1.56. The van der Waals surface area contributed by atoms with Crippen LogP contribution in [0, 0.1) is 6.92 Å². The number of benzene rings is 1. The Morgan fingerprint density at radius 2 is 1.84 bits per heavy atom.